The first-order chi connectivity index (χ1) is 8.58. The van der Waals surface area contributed by atoms with Crippen LogP contribution in [0.15, 0.2) is 42.5 Å². The van der Waals surface area contributed by atoms with Crippen LogP contribution in [0.4, 0.5) is 14.5 Å². The first kappa shape index (κ1) is 12.2. The smallest absolute Gasteiger partial charge is 0.258 e. The minimum atomic E-state index is -0.596. The molecule has 2 nitrogen and oxygen atoms in total. The molecule has 0 aliphatic heterocycles. The number of anilines is 1. The maximum Gasteiger partial charge on any atom is 0.258 e. The van der Waals surface area contributed by atoms with E-state index in [0.717, 1.165) is 0 Å². The van der Waals surface area contributed by atoms with Gasteiger partial charge < -0.3 is 5.32 Å². The molecule has 0 aromatic heterocycles. The highest BCUT2D eigenvalue weighted by Crippen LogP contribution is 2.15. The first-order valence-corrected chi connectivity index (χ1v) is 5.40. The van der Waals surface area contributed by atoms with Gasteiger partial charge in [0.1, 0.15) is 11.6 Å². The fourth-order valence-electron chi connectivity index (χ4n) is 1.59. The molecule has 0 aliphatic carbocycles. The van der Waals surface area contributed by atoms with Crippen LogP contribution < -0.4 is 5.32 Å². The molecular formula is C14H11F2NO. The number of halogens is 2. The summed E-state index contributed by atoms with van der Waals surface area (Å²) < 4.78 is 26.6. The Labute approximate surface area is 103 Å². The van der Waals surface area contributed by atoms with Crippen molar-refractivity contribution >= 4 is 11.6 Å². The number of rotatable bonds is 2. The molecule has 0 aliphatic rings. The molecule has 1 N–H and O–H groups in total. The molecule has 0 atom stereocenters. The zero-order valence-corrected chi connectivity index (χ0v) is 9.71. The van der Waals surface area contributed by atoms with Gasteiger partial charge in [-0.15, -0.1) is 0 Å². The highest BCUT2D eigenvalue weighted by atomic mass is 19.1. The van der Waals surface area contributed by atoms with Crippen LogP contribution in [0.3, 0.4) is 0 Å². The Hall–Kier alpha value is -2.23. The average Bonchev–Trinajstić information content (AvgIpc) is 2.32. The fraction of sp³-hybridized carbons (Fsp3) is 0.0714. The van der Waals surface area contributed by atoms with Gasteiger partial charge in [-0.3, -0.25) is 4.79 Å². The quantitative estimate of drug-likeness (QED) is 0.864. The van der Waals surface area contributed by atoms with Gasteiger partial charge in [0.25, 0.3) is 5.91 Å². The molecule has 2 rings (SSSR count). The molecule has 2 aromatic rings. The molecule has 0 bridgehead atoms. The number of benzene rings is 2. The normalized spacial score (nSPS) is 10.2. The Morgan fingerprint density at radius 1 is 1.11 bits per heavy atom. The van der Waals surface area contributed by atoms with Gasteiger partial charge in [0.05, 0.1) is 5.56 Å². The van der Waals surface area contributed by atoms with Gasteiger partial charge in [-0.1, -0.05) is 18.2 Å². The molecule has 2 aromatic carbocycles. The molecule has 0 spiro atoms. The van der Waals surface area contributed by atoms with E-state index in [1.807, 2.05) is 0 Å². The van der Waals surface area contributed by atoms with Crippen molar-refractivity contribution in [2.75, 3.05) is 5.32 Å². The van der Waals surface area contributed by atoms with E-state index in [9.17, 15) is 13.6 Å². The number of hydrogen-bond acceptors (Lipinski definition) is 1. The van der Waals surface area contributed by atoms with Crippen LogP contribution >= 0.6 is 0 Å². The van der Waals surface area contributed by atoms with Crippen LogP contribution in [0.5, 0.6) is 0 Å². The molecule has 1 amide bonds. The second kappa shape index (κ2) is 4.96. The summed E-state index contributed by atoms with van der Waals surface area (Å²) >= 11 is 0. The Morgan fingerprint density at radius 2 is 1.83 bits per heavy atom. The maximum atomic E-state index is 13.7. The van der Waals surface area contributed by atoms with Crippen molar-refractivity contribution in [1.29, 1.82) is 0 Å². The van der Waals surface area contributed by atoms with Crippen molar-refractivity contribution in [2.24, 2.45) is 0 Å². The highest BCUT2D eigenvalue weighted by Gasteiger charge is 2.13. The molecule has 0 heterocycles. The lowest BCUT2D eigenvalue weighted by Gasteiger charge is -2.07. The van der Waals surface area contributed by atoms with E-state index in [-0.39, 0.29) is 5.56 Å². The van der Waals surface area contributed by atoms with Crippen molar-refractivity contribution in [2.45, 2.75) is 6.92 Å². The van der Waals surface area contributed by atoms with Crippen LogP contribution in [0.2, 0.25) is 0 Å². The lowest BCUT2D eigenvalue weighted by atomic mass is 10.1. The minimum Gasteiger partial charge on any atom is -0.322 e. The van der Waals surface area contributed by atoms with Crippen molar-refractivity contribution < 1.29 is 13.6 Å². The minimum absolute atomic E-state index is 0.0562. The van der Waals surface area contributed by atoms with Crippen LogP contribution in [-0.4, -0.2) is 5.91 Å². The third kappa shape index (κ3) is 2.53. The van der Waals surface area contributed by atoms with Gasteiger partial charge in [-0.2, -0.15) is 0 Å². The average molecular weight is 247 g/mol. The molecule has 0 saturated carbocycles. The molecule has 0 unspecified atom stereocenters. The SMILES string of the molecule is Cc1cccc(C(=O)Nc2cccc(F)c2)c1F. The highest BCUT2D eigenvalue weighted by molar-refractivity contribution is 6.04. The molecule has 18 heavy (non-hydrogen) atoms. The number of amides is 1. The summed E-state index contributed by atoms with van der Waals surface area (Å²) in [5.74, 6) is -1.62. The predicted molar refractivity (Wildman–Crippen MR) is 65.5 cm³/mol. The largest absolute Gasteiger partial charge is 0.322 e. The van der Waals surface area contributed by atoms with Crippen molar-refractivity contribution in [3.05, 3.63) is 65.2 Å². The fourth-order valence-corrected chi connectivity index (χ4v) is 1.59. The van der Waals surface area contributed by atoms with Crippen LogP contribution in [0.25, 0.3) is 0 Å². The summed E-state index contributed by atoms with van der Waals surface area (Å²) in [6, 6.07) is 10.0. The van der Waals surface area contributed by atoms with E-state index in [4.69, 9.17) is 0 Å². The molecule has 4 heteroatoms. The molecule has 0 fully saturated rings. The van der Waals surface area contributed by atoms with E-state index in [1.54, 1.807) is 19.1 Å². The topological polar surface area (TPSA) is 29.1 Å². The second-order valence-electron chi connectivity index (χ2n) is 3.90. The van der Waals surface area contributed by atoms with Gasteiger partial charge in [-0.05, 0) is 36.8 Å². The molecule has 0 radical (unpaired) electrons. The van der Waals surface area contributed by atoms with E-state index in [2.05, 4.69) is 5.32 Å². The number of hydrogen-bond donors (Lipinski definition) is 1. The van der Waals surface area contributed by atoms with Crippen molar-refractivity contribution in [1.82, 2.24) is 0 Å². The summed E-state index contributed by atoms with van der Waals surface area (Å²) in [4.78, 5) is 11.8. The summed E-state index contributed by atoms with van der Waals surface area (Å²) in [6.45, 7) is 1.58. The van der Waals surface area contributed by atoms with E-state index >= 15 is 0 Å². The van der Waals surface area contributed by atoms with Crippen LogP contribution in [0.1, 0.15) is 15.9 Å². The third-order valence-electron chi connectivity index (χ3n) is 2.52. The Kier molecular flexibility index (Phi) is 3.37. The maximum absolute atomic E-state index is 13.7. The van der Waals surface area contributed by atoms with E-state index < -0.39 is 17.5 Å². The van der Waals surface area contributed by atoms with Crippen LogP contribution in [-0.2, 0) is 0 Å². The monoisotopic (exact) mass is 247 g/mol. The number of carbonyl (C=O) groups excluding carboxylic acids is 1. The van der Waals surface area contributed by atoms with Crippen molar-refractivity contribution in [3.8, 4) is 0 Å². The molecule has 0 saturated heterocycles. The van der Waals surface area contributed by atoms with Crippen molar-refractivity contribution in [3.63, 3.8) is 0 Å². The lowest BCUT2D eigenvalue weighted by Crippen LogP contribution is -2.14. The summed E-state index contributed by atoms with van der Waals surface area (Å²) in [7, 11) is 0. The number of nitrogens with one attached hydrogen (secondary N) is 1. The van der Waals surface area contributed by atoms with E-state index in [1.165, 1.54) is 30.3 Å². The molecule has 92 valence electrons. The Morgan fingerprint density at radius 3 is 2.56 bits per heavy atom. The van der Waals surface area contributed by atoms with Gasteiger partial charge in [0, 0.05) is 5.69 Å². The lowest BCUT2D eigenvalue weighted by molar-refractivity contribution is 0.102. The van der Waals surface area contributed by atoms with Gasteiger partial charge in [-0.25, -0.2) is 8.78 Å². The van der Waals surface area contributed by atoms with E-state index in [0.29, 0.717) is 11.3 Å². The van der Waals surface area contributed by atoms with Crippen LogP contribution in [0, 0.1) is 18.6 Å². The first-order valence-electron chi connectivity index (χ1n) is 5.40. The molecular weight excluding hydrogens is 236 g/mol. The number of carbonyl (C=O) groups is 1. The van der Waals surface area contributed by atoms with Gasteiger partial charge in [0.2, 0.25) is 0 Å². The summed E-state index contributed by atoms with van der Waals surface area (Å²) in [5, 5.41) is 2.45. The Balaban J connectivity index is 2.25. The number of aryl methyl sites for hydroxylation is 1. The van der Waals surface area contributed by atoms with Gasteiger partial charge in [0.15, 0.2) is 0 Å². The zero-order chi connectivity index (χ0) is 13.1. The predicted octanol–water partition coefficient (Wildman–Crippen LogP) is 3.53. The Bertz CT molecular complexity index is 596. The third-order valence-corrected chi connectivity index (χ3v) is 2.52. The zero-order valence-electron chi connectivity index (χ0n) is 9.71. The second-order valence-corrected chi connectivity index (χ2v) is 3.90. The summed E-state index contributed by atoms with van der Waals surface area (Å²) in [6.07, 6.45) is 0. The standard InChI is InChI=1S/C14H11F2NO/c1-9-4-2-7-12(13(9)16)14(18)17-11-6-3-5-10(15)8-11/h2-8H,1H3,(H,17,18). The summed E-state index contributed by atoms with van der Waals surface area (Å²) in [5.41, 5.74) is 0.627. The van der Waals surface area contributed by atoms with Gasteiger partial charge >= 0.3 is 0 Å².